The molecule has 0 saturated carbocycles. The van der Waals surface area contributed by atoms with E-state index in [4.69, 9.17) is 18.0 Å². The SMILES string of the molecule is CC(C)c1ccccc1Nc1ccc(C(N)=S)cc1Br. The average molecular weight is 349 g/mol. The Morgan fingerprint density at radius 3 is 2.45 bits per heavy atom. The number of nitrogens with two attached hydrogens (primary N) is 1. The minimum Gasteiger partial charge on any atom is -0.389 e. The Hall–Kier alpha value is -1.39. The summed E-state index contributed by atoms with van der Waals surface area (Å²) in [6.07, 6.45) is 0. The second kappa shape index (κ2) is 6.37. The zero-order valence-corrected chi connectivity index (χ0v) is 13.9. The van der Waals surface area contributed by atoms with Crippen LogP contribution < -0.4 is 11.1 Å². The molecule has 3 N–H and O–H groups in total. The predicted molar refractivity (Wildman–Crippen MR) is 93.8 cm³/mol. The second-order valence-corrected chi connectivity index (χ2v) is 6.22. The van der Waals surface area contributed by atoms with Gasteiger partial charge in [0.05, 0.1) is 5.69 Å². The second-order valence-electron chi connectivity index (χ2n) is 4.93. The van der Waals surface area contributed by atoms with Crippen molar-refractivity contribution in [3.63, 3.8) is 0 Å². The van der Waals surface area contributed by atoms with Crippen LogP contribution in [-0.4, -0.2) is 4.99 Å². The van der Waals surface area contributed by atoms with Gasteiger partial charge in [0.15, 0.2) is 0 Å². The highest BCUT2D eigenvalue weighted by atomic mass is 79.9. The highest BCUT2D eigenvalue weighted by molar-refractivity contribution is 9.10. The Kier molecular flexibility index (Phi) is 4.78. The quantitative estimate of drug-likeness (QED) is 0.767. The summed E-state index contributed by atoms with van der Waals surface area (Å²) in [6.45, 7) is 4.37. The molecule has 2 rings (SSSR count). The van der Waals surface area contributed by atoms with Crippen molar-refractivity contribution in [3.8, 4) is 0 Å². The van der Waals surface area contributed by atoms with E-state index < -0.39 is 0 Å². The number of rotatable bonds is 4. The number of halogens is 1. The molecule has 0 unspecified atom stereocenters. The van der Waals surface area contributed by atoms with Gasteiger partial charge in [-0.15, -0.1) is 0 Å². The van der Waals surface area contributed by atoms with Gasteiger partial charge in [-0.25, -0.2) is 0 Å². The fourth-order valence-electron chi connectivity index (χ4n) is 2.03. The molecule has 0 spiro atoms. The minimum absolute atomic E-state index is 0.403. The van der Waals surface area contributed by atoms with Crippen molar-refractivity contribution >= 4 is 44.5 Å². The Morgan fingerprint density at radius 1 is 1.15 bits per heavy atom. The molecule has 0 radical (unpaired) electrons. The van der Waals surface area contributed by atoms with E-state index in [1.807, 2.05) is 24.3 Å². The molecule has 0 aromatic heterocycles. The number of benzene rings is 2. The first-order valence-electron chi connectivity index (χ1n) is 6.44. The molecule has 0 aliphatic rings. The molecule has 0 amide bonds. The highest BCUT2D eigenvalue weighted by Gasteiger charge is 2.08. The third kappa shape index (κ3) is 3.38. The Labute approximate surface area is 133 Å². The standard InChI is InChI=1S/C16H17BrN2S/c1-10(2)12-5-3-4-6-14(12)19-15-8-7-11(16(18)20)9-13(15)17/h3-10,19H,1-2H3,(H2,18,20). The smallest absolute Gasteiger partial charge is 0.104 e. The summed E-state index contributed by atoms with van der Waals surface area (Å²) in [5.74, 6) is 0.466. The lowest BCUT2D eigenvalue weighted by Gasteiger charge is -2.16. The van der Waals surface area contributed by atoms with Crippen LogP contribution in [0.5, 0.6) is 0 Å². The van der Waals surface area contributed by atoms with Crippen molar-refractivity contribution in [3.05, 3.63) is 58.1 Å². The zero-order chi connectivity index (χ0) is 14.7. The van der Waals surface area contributed by atoms with E-state index in [0.29, 0.717) is 10.9 Å². The third-order valence-electron chi connectivity index (χ3n) is 3.11. The van der Waals surface area contributed by atoms with Gasteiger partial charge in [-0.3, -0.25) is 0 Å². The minimum atomic E-state index is 0.403. The first kappa shape index (κ1) is 15.0. The first-order valence-corrected chi connectivity index (χ1v) is 7.64. The zero-order valence-electron chi connectivity index (χ0n) is 11.5. The summed E-state index contributed by atoms with van der Waals surface area (Å²) >= 11 is 8.54. The molecule has 2 aromatic rings. The molecular weight excluding hydrogens is 332 g/mol. The molecule has 20 heavy (non-hydrogen) atoms. The largest absolute Gasteiger partial charge is 0.389 e. The van der Waals surface area contributed by atoms with Gasteiger partial charge in [0.1, 0.15) is 4.99 Å². The highest BCUT2D eigenvalue weighted by Crippen LogP contribution is 2.31. The fourth-order valence-corrected chi connectivity index (χ4v) is 2.63. The van der Waals surface area contributed by atoms with Gasteiger partial charge in [0.2, 0.25) is 0 Å². The maximum absolute atomic E-state index is 5.64. The van der Waals surface area contributed by atoms with Crippen molar-refractivity contribution in [2.24, 2.45) is 5.73 Å². The average Bonchev–Trinajstić information content (AvgIpc) is 2.41. The van der Waals surface area contributed by atoms with Gasteiger partial charge in [-0.2, -0.15) is 0 Å². The summed E-state index contributed by atoms with van der Waals surface area (Å²) in [7, 11) is 0. The number of nitrogens with one attached hydrogen (secondary N) is 1. The van der Waals surface area contributed by atoms with E-state index in [-0.39, 0.29) is 0 Å². The maximum Gasteiger partial charge on any atom is 0.104 e. The van der Waals surface area contributed by atoms with E-state index in [2.05, 4.69) is 53.3 Å². The molecule has 0 bridgehead atoms. The Bertz CT molecular complexity index is 638. The van der Waals surface area contributed by atoms with Crippen LogP contribution in [0, 0.1) is 0 Å². The third-order valence-corrected chi connectivity index (χ3v) is 4.00. The molecule has 2 nitrogen and oxygen atoms in total. The molecule has 0 saturated heterocycles. The van der Waals surface area contributed by atoms with E-state index in [1.54, 1.807) is 0 Å². The number of anilines is 2. The molecule has 0 aliphatic carbocycles. The van der Waals surface area contributed by atoms with Gasteiger partial charge in [0, 0.05) is 15.7 Å². The summed E-state index contributed by atoms with van der Waals surface area (Å²) in [6, 6.07) is 14.2. The molecule has 4 heteroatoms. The lowest BCUT2D eigenvalue weighted by atomic mass is 10.0. The van der Waals surface area contributed by atoms with Crippen LogP contribution in [-0.2, 0) is 0 Å². The topological polar surface area (TPSA) is 38.0 Å². The van der Waals surface area contributed by atoms with Crippen molar-refractivity contribution in [2.45, 2.75) is 19.8 Å². The van der Waals surface area contributed by atoms with Gasteiger partial charge in [-0.05, 0) is 51.7 Å². The maximum atomic E-state index is 5.64. The lowest BCUT2D eigenvalue weighted by molar-refractivity contribution is 0.869. The van der Waals surface area contributed by atoms with Crippen molar-refractivity contribution < 1.29 is 0 Å². The molecule has 0 heterocycles. The van der Waals surface area contributed by atoms with E-state index in [1.165, 1.54) is 5.56 Å². The van der Waals surface area contributed by atoms with Crippen LogP contribution in [0.15, 0.2) is 46.9 Å². The number of hydrogen-bond acceptors (Lipinski definition) is 2. The van der Waals surface area contributed by atoms with Crippen molar-refractivity contribution in [1.29, 1.82) is 0 Å². The normalized spacial score (nSPS) is 10.6. The van der Waals surface area contributed by atoms with Gasteiger partial charge >= 0.3 is 0 Å². The van der Waals surface area contributed by atoms with Crippen molar-refractivity contribution in [2.75, 3.05) is 5.32 Å². The Balaban J connectivity index is 2.33. The molecule has 0 aliphatic heterocycles. The predicted octanol–water partition coefficient (Wildman–Crippen LogP) is 4.95. The monoisotopic (exact) mass is 348 g/mol. The molecule has 0 atom stereocenters. The summed E-state index contributed by atoms with van der Waals surface area (Å²) in [5, 5.41) is 3.46. The van der Waals surface area contributed by atoms with Crippen LogP contribution in [0.3, 0.4) is 0 Å². The fraction of sp³-hybridized carbons (Fsp3) is 0.188. The van der Waals surface area contributed by atoms with Crippen LogP contribution >= 0.6 is 28.1 Å². The van der Waals surface area contributed by atoms with Gasteiger partial charge < -0.3 is 11.1 Å². The van der Waals surface area contributed by atoms with Crippen LogP contribution in [0.1, 0.15) is 30.9 Å². The van der Waals surface area contributed by atoms with E-state index in [9.17, 15) is 0 Å². The summed E-state index contributed by atoms with van der Waals surface area (Å²) in [4.78, 5) is 0.403. The summed E-state index contributed by atoms with van der Waals surface area (Å²) in [5.41, 5.74) is 9.90. The Morgan fingerprint density at radius 2 is 1.85 bits per heavy atom. The van der Waals surface area contributed by atoms with Gasteiger partial charge in [0.25, 0.3) is 0 Å². The number of hydrogen-bond donors (Lipinski definition) is 2. The van der Waals surface area contributed by atoms with Crippen LogP contribution in [0.2, 0.25) is 0 Å². The first-order chi connectivity index (χ1) is 9.49. The molecule has 104 valence electrons. The van der Waals surface area contributed by atoms with Crippen molar-refractivity contribution in [1.82, 2.24) is 0 Å². The molecular formula is C16H17BrN2S. The number of para-hydroxylation sites is 1. The van der Waals surface area contributed by atoms with E-state index in [0.717, 1.165) is 21.4 Å². The van der Waals surface area contributed by atoms with Crippen LogP contribution in [0.4, 0.5) is 11.4 Å². The molecule has 2 aromatic carbocycles. The van der Waals surface area contributed by atoms with Gasteiger partial charge in [-0.1, -0.05) is 44.3 Å². The lowest BCUT2D eigenvalue weighted by Crippen LogP contribution is -2.09. The summed E-state index contributed by atoms with van der Waals surface area (Å²) < 4.78 is 0.946. The number of thiocarbonyl (C=S) groups is 1. The molecule has 0 fully saturated rings. The van der Waals surface area contributed by atoms with Crippen LogP contribution in [0.25, 0.3) is 0 Å². The van der Waals surface area contributed by atoms with E-state index >= 15 is 0 Å².